The molecule has 0 saturated heterocycles. The molecule has 2 aromatic rings. The molecule has 5 heteroatoms. The van der Waals surface area contributed by atoms with Crippen molar-refractivity contribution in [3.05, 3.63) is 54.1 Å². The molecule has 0 fully saturated rings. The Morgan fingerprint density at radius 1 is 1.17 bits per heavy atom. The highest BCUT2D eigenvalue weighted by atomic mass is 19.1. The number of halogens is 1. The molecule has 0 bridgehead atoms. The molecule has 0 spiro atoms. The summed E-state index contributed by atoms with van der Waals surface area (Å²) in [5.41, 5.74) is 1.72. The number of nitrogens with zero attached hydrogens (tertiary/aromatic N) is 2. The van der Waals surface area contributed by atoms with E-state index in [0.717, 1.165) is 31.6 Å². The second-order valence-electron chi connectivity index (χ2n) is 5.35. The lowest BCUT2D eigenvalue weighted by atomic mass is 10.2. The SMILES string of the molecule is CCCN(CCC)c1ccnc(C(=O)Nc2cccc(F)c2)c1. The maximum atomic E-state index is 13.2. The number of carbonyl (C=O) groups is 1. The van der Waals surface area contributed by atoms with Crippen LogP contribution in [0.25, 0.3) is 0 Å². The first kappa shape index (κ1) is 16.9. The van der Waals surface area contributed by atoms with Crippen LogP contribution in [0.5, 0.6) is 0 Å². The van der Waals surface area contributed by atoms with E-state index in [-0.39, 0.29) is 11.7 Å². The van der Waals surface area contributed by atoms with Gasteiger partial charge in [-0.05, 0) is 43.2 Å². The predicted octanol–water partition coefficient (Wildman–Crippen LogP) is 4.10. The number of anilines is 2. The predicted molar refractivity (Wildman–Crippen MR) is 91.4 cm³/mol. The number of hydrogen-bond donors (Lipinski definition) is 1. The Hall–Kier alpha value is -2.43. The van der Waals surface area contributed by atoms with Crippen molar-refractivity contribution in [1.82, 2.24) is 4.98 Å². The van der Waals surface area contributed by atoms with Gasteiger partial charge in [-0.1, -0.05) is 19.9 Å². The molecule has 122 valence electrons. The van der Waals surface area contributed by atoms with Crippen LogP contribution in [0.3, 0.4) is 0 Å². The van der Waals surface area contributed by atoms with E-state index in [1.165, 1.54) is 12.1 Å². The van der Waals surface area contributed by atoms with Crippen LogP contribution in [0.1, 0.15) is 37.2 Å². The van der Waals surface area contributed by atoms with Gasteiger partial charge < -0.3 is 10.2 Å². The average Bonchev–Trinajstić information content (AvgIpc) is 2.55. The number of nitrogens with one attached hydrogen (secondary N) is 1. The first-order valence-electron chi connectivity index (χ1n) is 7.92. The lowest BCUT2D eigenvalue weighted by molar-refractivity contribution is 0.102. The van der Waals surface area contributed by atoms with Crippen molar-refractivity contribution in [3.63, 3.8) is 0 Å². The summed E-state index contributed by atoms with van der Waals surface area (Å²) in [6.45, 7) is 6.12. The minimum absolute atomic E-state index is 0.323. The zero-order chi connectivity index (χ0) is 16.7. The molecule has 0 radical (unpaired) electrons. The summed E-state index contributed by atoms with van der Waals surface area (Å²) in [5, 5.41) is 2.67. The molecule has 0 atom stereocenters. The van der Waals surface area contributed by atoms with Gasteiger partial charge in [0.05, 0.1) is 0 Å². The first-order chi connectivity index (χ1) is 11.1. The Balaban J connectivity index is 2.16. The average molecular weight is 315 g/mol. The lowest BCUT2D eigenvalue weighted by Crippen LogP contribution is -2.25. The van der Waals surface area contributed by atoms with Crippen LogP contribution in [0.15, 0.2) is 42.6 Å². The maximum absolute atomic E-state index is 13.2. The molecule has 1 aromatic heterocycles. The van der Waals surface area contributed by atoms with Gasteiger partial charge in [-0.3, -0.25) is 9.78 Å². The summed E-state index contributed by atoms with van der Waals surface area (Å²) in [4.78, 5) is 18.7. The first-order valence-corrected chi connectivity index (χ1v) is 7.92. The summed E-state index contributed by atoms with van der Waals surface area (Å²) in [7, 11) is 0. The molecule has 0 saturated carbocycles. The summed E-state index contributed by atoms with van der Waals surface area (Å²) >= 11 is 0. The van der Waals surface area contributed by atoms with Crippen molar-refractivity contribution < 1.29 is 9.18 Å². The molecular formula is C18H22FN3O. The van der Waals surface area contributed by atoms with Crippen LogP contribution in [-0.2, 0) is 0 Å². The number of aromatic nitrogens is 1. The second-order valence-corrected chi connectivity index (χ2v) is 5.35. The van der Waals surface area contributed by atoms with Gasteiger partial charge in [0.2, 0.25) is 0 Å². The van der Waals surface area contributed by atoms with E-state index in [0.29, 0.717) is 11.4 Å². The molecule has 0 unspecified atom stereocenters. The van der Waals surface area contributed by atoms with Crippen LogP contribution in [0, 0.1) is 5.82 Å². The Morgan fingerprint density at radius 3 is 2.57 bits per heavy atom. The van der Waals surface area contributed by atoms with Gasteiger partial charge in [-0.2, -0.15) is 0 Å². The van der Waals surface area contributed by atoms with Crippen molar-refractivity contribution >= 4 is 17.3 Å². The van der Waals surface area contributed by atoms with Gasteiger partial charge in [0, 0.05) is 30.7 Å². The molecular weight excluding hydrogens is 293 g/mol. The fourth-order valence-electron chi connectivity index (χ4n) is 2.41. The molecule has 1 amide bonds. The quantitative estimate of drug-likeness (QED) is 0.836. The minimum Gasteiger partial charge on any atom is -0.371 e. The van der Waals surface area contributed by atoms with E-state index in [4.69, 9.17) is 0 Å². The van der Waals surface area contributed by atoms with Crippen molar-refractivity contribution in [2.24, 2.45) is 0 Å². The number of benzene rings is 1. The molecule has 0 aliphatic carbocycles. The van der Waals surface area contributed by atoms with E-state index in [2.05, 4.69) is 29.0 Å². The minimum atomic E-state index is -0.387. The van der Waals surface area contributed by atoms with Crippen LogP contribution >= 0.6 is 0 Å². The largest absolute Gasteiger partial charge is 0.371 e. The molecule has 4 nitrogen and oxygen atoms in total. The Morgan fingerprint density at radius 2 is 1.91 bits per heavy atom. The van der Waals surface area contributed by atoms with E-state index < -0.39 is 0 Å². The Bertz CT molecular complexity index is 654. The number of hydrogen-bond acceptors (Lipinski definition) is 3. The fourth-order valence-corrected chi connectivity index (χ4v) is 2.41. The maximum Gasteiger partial charge on any atom is 0.274 e. The number of amides is 1. The van der Waals surface area contributed by atoms with Crippen molar-refractivity contribution in [1.29, 1.82) is 0 Å². The van der Waals surface area contributed by atoms with Crippen LogP contribution in [0.2, 0.25) is 0 Å². The van der Waals surface area contributed by atoms with Gasteiger partial charge in [0.1, 0.15) is 11.5 Å². The summed E-state index contributed by atoms with van der Waals surface area (Å²) in [6.07, 6.45) is 3.70. The highest BCUT2D eigenvalue weighted by Crippen LogP contribution is 2.17. The van der Waals surface area contributed by atoms with Crippen molar-refractivity contribution in [3.8, 4) is 0 Å². The molecule has 23 heavy (non-hydrogen) atoms. The van der Waals surface area contributed by atoms with Gasteiger partial charge >= 0.3 is 0 Å². The van der Waals surface area contributed by atoms with Gasteiger partial charge in [-0.15, -0.1) is 0 Å². The topological polar surface area (TPSA) is 45.2 Å². The third-order valence-corrected chi connectivity index (χ3v) is 3.41. The van der Waals surface area contributed by atoms with Crippen molar-refractivity contribution in [2.45, 2.75) is 26.7 Å². The van der Waals surface area contributed by atoms with E-state index in [1.807, 2.05) is 6.07 Å². The van der Waals surface area contributed by atoms with E-state index in [9.17, 15) is 9.18 Å². The van der Waals surface area contributed by atoms with Crippen LogP contribution in [0.4, 0.5) is 15.8 Å². The van der Waals surface area contributed by atoms with Gasteiger partial charge in [0.15, 0.2) is 0 Å². The monoisotopic (exact) mass is 315 g/mol. The zero-order valence-corrected chi connectivity index (χ0v) is 13.6. The normalized spacial score (nSPS) is 10.4. The molecule has 2 rings (SSSR count). The number of pyridine rings is 1. The highest BCUT2D eigenvalue weighted by Gasteiger charge is 2.11. The Kier molecular flexibility index (Phi) is 6.09. The van der Waals surface area contributed by atoms with Crippen LogP contribution in [-0.4, -0.2) is 24.0 Å². The number of carbonyl (C=O) groups excluding carboxylic acids is 1. The third-order valence-electron chi connectivity index (χ3n) is 3.41. The molecule has 0 aliphatic rings. The van der Waals surface area contributed by atoms with E-state index >= 15 is 0 Å². The standard InChI is InChI=1S/C18H22FN3O/c1-3-10-22(11-4-2)16-8-9-20-17(13-16)18(23)21-15-7-5-6-14(19)12-15/h5-9,12-13H,3-4,10-11H2,1-2H3,(H,21,23). The summed E-state index contributed by atoms with van der Waals surface area (Å²) in [5.74, 6) is -0.730. The second kappa shape index (κ2) is 8.27. The Labute approximate surface area is 136 Å². The smallest absolute Gasteiger partial charge is 0.274 e. The zero-order valence-electron chi connectivity index (χ0n) is 13.6. The summed E-state index contributed by atoms with van der Waals surface area (Å²) in [6, 6.07) is 9.50. The number of rotatable bonds is 7. The summed E-state index contributed by atoms with van der Waals surface area (Å²) < 4.78 is 13.2. The van der Waals surface area contributed by atoms with Gasteiger partial charge in [0.25, 0.3) is 5.91 Å². The van der Waals surface area contributed by atoms with E-state index in [1.54, 1.807) is 24.4 Å². The fraction of sp³-hybridized carbons (Fsp3) is 0.333. The highest BCUT2D eigenvalue weighted by molar-refractivity contribution is 6.03. The molecule has 0 aliphatic heterocycles. The van der Waals surface area contributed by atoms with Gasteiger partial charge in [-0.25, -0.2) is 4.39 Å². The van der Waals surface area contributed by atoms with Crippen LogP contribution < -0.4 is 10.2 Å². The lowest BCUT2D eigenvalue weighted by Gasteiger charge is -2.23. The third kappa shape index (κ3) is 4.77. The van der Waals surface area contributed by atoms with Crippen molar-refractivity contribution in [2.75, 3.05) is 23.3 Å². The molecule has 1 aromatic carbocycles. The molecule has 1 N–H and O–H groups in total. The molecule has 1 heterocycles.